The van der Waals surface area contributed by atoms with Gasteiger partial charge in [-0.3, -0.25) is 0 Å². The van der Waals surface area contributed by atoms with Gasteiger partial charge >= 0.3 is 0 Å². The predicted molar refractivity (Wildman–Crippen MR) is 131 cm³/mol. The summed E-state index contributed by atoms with van der Waals surface area (Å²) >= 11 is 0. The minimum absolute atomic E-state index is 0.000254. The van der Waals surface area contributed by atoms with Gasteiger partial charge in [-0.25, -0.2) is 9.37 Å². The number of halogens is 1. The number of hydrogen-bond acceptors (Lipinski definition) is 8. The number of methoxy groups -OCH3 is 1. The van der Waals surface area contributed by atoms with Gasteiger partial charge in [-0.15, -0.1) is 15.3 Å². The molecule has 9 heteroatoms. The van der Waals surface area contributed by atoms with Gasteiger partial charge in [0.05, 0.1) is 30.6 Å². The highest BCUT2D eigenvalue weighted by Crippen LogP contribution is 2.59. The van der Waals surface area contributed by atoms with Crippen LogP contribution in [0.3, 0.4) is 0 Å². The van der Waals surface area contributed by atoms with Gasteiger partial charge in [0.1, 0.15) is 23.4 Å². The normalized spacial score (nSPS) is 27.6. The summed E-state index contributed by atoms with van der Waals surface area (Å²) in [6.07, 6.45) is 4.38. The molecule has 2 fully saturated rings. The fourth-order valence-electron chi connectivity index (χ4n) is 5.94. The highest BCUT2D eigenvalue weighted by atomic mass is 19.1. The number of ether oxygens (including phenoxy) is 1. The minimum atomic E-state index is -0.926. The average Bonchev–Trinajstić information content (AvgIpc) is 3.13. The average molecular weight is 479 g/mol. The molecule has 184 valence electrons. The van der Waals surface area contributed by atoms with Crippen molar-refractivity contribution in [3.63, 3.8) is 0 Å². The van der Waals surface area contributed by atoms with Crippen LogP contribution in [-0.2, 0) is 0 Å². The second kappa shape index (κ2) is 8.39. The van der Waals surface area contributed by atoms with Gasteiger partial charge in [-0.1, -0.05) is 19.9 Å². The lowest BCUT2D eigenvalue weighted by molar-refractivity contribution is 0.0380. The predicted octanol–water partition coefficient (Wildman–Crippen LogP) is 4.76. The number of phenolic OH excluding ortho intramolecular Hbond substituents is 1. The van der Waals surface area contributed by atoms with E-state index in [2.05, 4.69) is 39.2 Å². The van der Waals surface area contributed by atoms with Gasteiger partial charge in [0, 0.05) is 24.1 Å². The third-order valence-electron chi connectivity index (χ3n) is 7.93. The molecule has 0 radical (unpaired) electrons. The second-order valence-electron chi connectivity index (χ2n) is 10.7. The van der Waals surface area contributed by atoms with Gasteiger partial charge in [-0.05, 0) is 50.2 Å². The van der Waals surface area contributed by atoms with Crippen molar-refractivity contribution in [1.29, 1.82) is 0 Å². The highest BCUT2D eigenvalue weighted by molar-refractivity contribution is 5.71. The molecule has 0 unspecified atom stereocenters. The van der Waals surface area contributed by atoms with Crippen LogP contribution in [0.2, 0.25) is 0 Å². The fraction of sp³-hybridized carbons (Fsp3) is 0.500. The fourth-order valence-corrected chi connectivity index (χ4v) is 5.94. The van der Waals surface area contributed by atoms with Gasteiger partial charge < -0.3 is 14.7 Å². The van der Waals surface area contributed by atoms with E-state index in [0.29, 0.717) is 39.9 Å². The summed E-state index contributed by atoms with van der Waals surface area (Å²) in [6.45, 7) is 6.15. The van der Waals surface area contributed by atoms with E-state index < -0.39 is 6.17 Å². The maximum absolute atomic E-state index is 15.5. The zero-order valence-electron chi connectivity index (χ0n) is 20.8. The molecule has 5 rings (SSSR count). The van der Waals surface area contributed by atoms with Crippen LogP contribution >= 0.6 is 0 Å². The molecule has 0 amide bonds. The Bertz CT molecular complexity index is 1260. The third-order valence-corrected chi connectivity index (χ3v) is 7.93. The van der Waals surface area contributed by atoms with Crippen LogP contribution in [0.25, 0.3) is 22.6 Å². The van der Waals surface area contributed by atoms with E-state index >= 15 is 4.39 Å². The van der Waals surface area contributed by atoms with Crippen molar-refractivity contribution in [2.24, 2.45) is 10.8 Å². The largest absolute Gasteiger partial charge is 0.507 e. The Morgan fingerprint density at radius 3 is 2.60 bits per heavy atom. The molecule has 0 spiro atoms. The lowest BCUT2D eigenvalue weighted by Gasteiger charge is -2.46. The Morgan fingerprint density at radius 1 is 1.11 bits per heavy atom. The molecule has 2 aliphatic rings. The van der Waals surface area contributed by atoms with Gasteiger partial charge in [-0.2, -0.15) is 5.10 Å². The number of aromatic hydroxyl groups is 1. The first-order valence-corrected chi connectivity index (χ1v) is 11.9. The van der Waals surface area contributed by atoms with Crippen molar-refractivity contribution in [2.45, 2.75) is 58.7 Å². The van der Waals surface area contributed by atoms with Crippen molar-refractivity contribution >= 4 is 5.82 Å². The van der Waals surface area contributed by atoms with Crippen LogP contribution in [0.5, 0.6) is 11.5 Å². The summed E-state index contributed by atoms with van der Waals surface area (Å²) in [5, 5.41) is 27.5. The van der Waals surface area contributed by atoms with Crippen molar-refractivity contribution in [3.05, 3.63) is 36.2 Å². The monoisotopic (exact) mass is 478 g/mol. The van der Waals surface area contributed by atoms with Crippen molar-refractivity contribution < 1.29 is 14.2 Å². The van der Waals surface area contributed by atoms with Crippen LogP contribution in [0.4, 0.5) is 10.2 Å². The number of fused-ring (bicyclic) bond motifs is 2. The van der Waals surface area contributed by atoms with E-state index in [1.807, 2.05) is 24.9 Å². The second-order valence-corrected chi connectivity index (χ2v) is 10.7. The van der Waals surface area contributed by atoms with Crippen LogP contribution < -0.4 is 9.64 Å². The number of phenols is 1. The zero-order valence-corrected chi connectivity index (χ0v) is 20.8. The number of rotatable bonds is 5. The number of aromatic nitrogens is 5. The zero-order chi connectivity index (χ0) is 25.0. The van der Waals surface area contributed by atoms with Crippen LogP contribution in [0, 0.1) is 17.8 Å². The first kappa shape index (κ1) is 23.4. The first-order chi connectivity index (χ1) is 16.6. The maximum atomic E-state index is 15.5. The van der Waals surface area contributed by atoms with E-state index in [-0.39, 0.29) is 22.6 Å². The van der Waals surface area contributed by atoms with Crippen LogP contribution in [0.15, 0.2) is 30.5 Å². The van der Waals surface area contributed by atoms with Crippen molar-refractivity contribution in [2.75, 3.05) is 19.1 Å². The minimum Gasteiger partial charge on any atom is -0.507 e. The molecule has 1 aromatic carbocycles. The molecule has 2 aliphatic carbocycles. The number of aryl methyl sites for hydroxylation is 1. The summed E-state index contributed by atoms with van der Waals surface area (Å²) in [7, 11) is 3.44. The molecular formula is C26H31FN6O2. The quantitative estimate of drug-likeness (QED) is 0.561. The van der Waals surface area contributed by atoms with Gasteiger partial charge in [0.15, 0.2) is 11.6 Å². The number of anilines is 1. The van der Waals surface area contributed by atoms with Crippen LogP contribution in [0.1, 0.15) is 45.2 Å². The summed E-state index contributed by atoms with van der Waals surface area (Å²) in [4.78, 5) is 6.31. The third kappa shape index (κ3) is 4.06. The van der Waals surface area contributed by atoms with Crippen molar-refractivity contribution in [1.82, 2.24) is 25.4 Å². The molecule has 2 bridgehead atoms. The smallest absolute Gasteiger partial charge is 0.185 e. The number of nitrogens with zero attached hydrogens (tertiary/aromatic N) is 6. The Hall–Kier alpha value is -3.36. The van der Waals surface area contributed by atoms with E-state index in [1.165, 1.54) is 0 Å². The molecule has 35 heavy (non-hydrogen) atoms. The van der Waals surface area contributed by atoms with E-state index in [1.54, 1.807) is 31.5 Å². The molecule has 4 atom stereocenters. The highest BCUT2D eigenvalue weighted by Gasteiger charge is 2.56. The molecule has 2 saturated carbocycles. The Kier molecular flexibility index (Phi) is 5.61. The lowest BCUT2D eigenvalue weighted by Crippen LogP contribution is -2.52. The van der Waals surface area contributed by atoms with Gasteiger partial charge in [0.25, 0.3) is 0 Å². The Morgan fingerprint density at radius 2 is 1.91 bits per heavy atom. The molecule has 2 heterocycles. The van der Waals surface area contributed by atoms with E-state index in [4.69, 9.17) is 4.74 Å². The number of benzene rings is 1. The van der Waals surface area contributed by atoms with E-state index in [0.717, 1.165) is 25.7 Å². The Labute approximate surface area is 204 Å². The molecule has 8 nitrogen and oxygen atoms in total. The number of hydrogen-bond donors (Lipinski definition) is 1. The van der Waals surface area contributed by atoms with Crippen LogP contribution in [-0.4, -0.2) is 56.9 Å². The maximum Gasteiger partial charge on any atom is 0.185 e. The molecule has 0 saturated heterocycles. The topological polar surface area (TPSA) is 97.2 Å². The molecule has 3 aromatic rings. The van der Waals surface area contributed by atoms with E-state index in [9.17, 15) is 5.11 Å². The summed E-state index contributed by atoms with van der Waals surface area (Å²) in [5.41, 5.74) is 2.27. The standard InChI is InChI=1S/C26H31FN6O2/c1-15-21(35-5)11-18(30-29-15)16-6-7-17(20(34)10-16)24-28-13-22(31-32-24)33(4)19-12-25(2)8-9-26(3,14-25)23(19)27/h6-7,10-11,13,19,23,34H,8-9,12,14H2,1-5H3/t19-,23-,25-,26-/m0/s1. The number of alkyl halides is 1. The first-order valence-electron chi connectivity index (χ1n) is 11.9. The Balaban J connectivity index is 1.37. The SMILES string of the molecule is COc1cc(-c2ccc(-c3ncc(N(C)[C@H]4C[C@]5(C)CC[C@@](C)(C5)[C@H]4F)nn3)c(O)c2)nnc1C. The van der Waals surface area contributed by atoms with Crippen molar-refractivity contribution in [3.8, 4) is 34.1 Å². The summed E-state index contributed by atoms with van der Waals surface area (Å²) in [5.74, 6) is 1.43. The molecule has 2 aromatic heterocycles. The lowest BCUT2D eigenvalue weighted by atomic mass is 9.67. The summed E-state index contributed by atoms with van der Waals surface area (Å²) < 4.78 is 20.8. The molecular weight excluding hydrogens is 447 g/mol. The van der Waals surface area contributed by atoms with Gasteiger partial charge in [0.2, 0.25) is 0 Å². The molecule has 1 N–H and O–H groups in total. The summed E-state index contributed by atoms with van der Waals surface area (Å²) in [6, 6.07) is 6.63. The molecule has 0 aliphatic heterocycles.